The maximum Gasteiger partial charge on any atom is 0.326 e. The molecule has 0 aliphatic rings. The molecule has 0 unspecified atom stereocenters. The lowest BCUT2D eigenvalue weighted by atomic mass is 10.2. The Bertz CT molecular complexity index is 1160. The van der Waals surface area contributed by atoms with Gasteiger partial charge in [0.1, 0.15) is 23.9 Å². The summed E-state index contributed by atoms with van der Waals surface area (Å²) in [5.74, 6) is -2.19. The number of fused-ring (bicyclic) bond motifs is 1. The van der Waals surface area contributed by atoms with Crippen LogP contribution in [-0.2, 0) is 16.1 Å². The largest absolute Gasteiger partial charge is 0.497 e. The number of carbonyl (C=O) groups excluding carboxylic acids is 2. The zero-order chi connectivity index (χ0) is 21.8. The molecule has 1 aromatic heterocycles. The normalized spacial score (nSPS) is 11.6. The summed E-state index contributed by atoms with van der Waals surface area (Å²) >= 11 is 0.880. The van der Waals surface area contributed by atoms with Crippen LogP contribution >= 0.6 is 11.3 Å². The molecule has 3 aromatic rings. The number of nitrogens with zero attached hydrogens (tertiary/aromatic N) is 2. The van der Waals surface area contributed by atoms with E-state index in [-0.39, 0.29) is 33.7 Å². The summed E-state index contributed by atoms with van der Waals surface area (Å²) < 4.78 is 44.7. The van der Waals surface area contributed by atoms with Crippen LogP contribution in [0.25, 0.3) is 10.2 Å². The van der Waals surface area contributed by atoms with Crippen molar-refractivity contribution in [3.63, 3.8) is 0 Å². The molecule has 1 heterocycles. The Morgan fingerprint density at radius 3 is 2.33 bits per heavy atom. The summed E-state index contributed by atoms with van der Waals surface area (Å²) in [6, 6.07) is 6.35. The number of rotatable bonds is 6. The van der Waals surface area contributed by atoms with E-state index in [0.29, 0.717) is 17.6 Å². The summed E-state index contributed by atoms with van der Waals surface area (Å²) in [4.78, 5) is 28.8. The molecule has 1 amide bonds. The second-order valence-electron chi connectivity index (χ2n) is 6.03. The molecule has 0 atom stereocenters. The predicted octanol–water partition coefficient (Wildman–Crippen LogP) is 3.30. The second-order valence-corrected chi connectivity index (χ2v) is 7.04. The number of thiazole rings is 1. The Kier molecular flexibility index (Phi) is 6.46. The van der Waals surface area contributed by atoms with Crippen molar-refractivity contribution in [1.82, 2.24) is 4.57 Å². The maximum atomic E-state index is 14.4. The lowest BCUT2D eigenvalue weighted by Crippen LogP contribution is -2.23. The van der Waals surface area contributed by atoms with Crippen LogP contribution in [0, 0.1) is 11.6 Å². The molecule has 0 radical (unpaired) electrons. The topological polar surface area (TPSA) is 79.1 Å². The van der Waals surface area contributed by atoms with Crippen molar-refractivity contribution in [2.75, 3.05) is 20.8 Å². The van der Waals surface area contributed by atoms with E-state index >= 15 is 0 Å². The van der Waals surface area contributed by atoms with Crippen LogP contribution in [0.2, 0.25) is 0 Å². The first-order valence-electron chi connectivity index (χ1n) is 8.82. The molecule has 0 aliphatic heterocycles. The smallest absolute Gasteiger partial charge is 0.326 e. The Balaban J connectivity index is 2.16. The zero-order valence-corrected chi connectivity index (χ0v) is 17.2. The average molecular weight is 436 g/mol. The van der Waals surface area contributed by atoms with Gasteiger partial charge in [-0.15, -0.1) is 0 Å². The van der Waals surface area contributed by atoms with Gasteiger partial charge in [-0.25, -0.2) is 8.78 Å². The average Bonchev–Trinajstić information content (AvgIpc) is 3.04. The standard InChI is InChI=1S/C20H18F2N2O5S/c1-4-29-17(25)10-24-18-15(22)7-12(21)8-16(18)30-20(24)23-19(26)11-5-13(27-2)9-14(6-11)28-3/h5-9H,4,10H2,1-3H3. The van der Waals surface area contributed by atoms with Gasteiger partial charge in [-0.1, -0.05) is 11.3 Å². The summed E-state index contributed by atoms with van der Waals surface area (Å²) in [6.45, 7) is 1.38. The molecule has 0 bridgehead atoms. The number of carbonyl (C=O) groups is 2. The molecule has 0 fully saturated rings. The fourth-order valence-electron chi connectivity index (χ4n) is 2.78. The van der Waals surface area contributed by atoms with Gasteiger partial charge >= 0.3 is 5.97 Å². The molecule has 2 aromatic carbocycles. The lowest BCUT2D eigenvalue weighted by molar-refractivity contribution is -0.143. The molecule has 0 saturated heterocycles. The first-order valence-corrected chi connectivity index (χ1v) is 9.64. The van der Waals surface area contributed by atoms with E-state index < -0.39 is 23.5 Å². The summed E-state index contributed by atoms with van der Waals surface area (Å²) in [5, 5.41) is 0. The number of esters is 1. The molecule has 3 rings (SSSR count). The van der Waals surface area contributed by atoms with Crippen LogP contribution in [0.15, 0.2) is 35.3 Å². The third kappa shape index (κ3) is 4.48. The van der Waals surface area contributed by atoms with Gasteiger partial charge in [0.2, 0.25) is 0 Å². The van der Waals surface area contributed by atoms with Crippen LogP contribution in [0.5, 0.6) is 11.5 Å². The van der Waals surface area contributed by atoms with Crippen LogP contribution in [0.1, 0.15) is 17.3 Å². The minimum Gasteiger partial charge on any atom is -0.497 e. The SMILES string of the molecule is CCOC(=O)Cn1c(=NC(=O)c2cc(OC)cc(OC)c2)sc2cc(F)cc(F)c21. The molecule has 0 aliphatic carbocycles. The van der Waals surface area contributed by atoms with Gasteiger partial charge in [-0.2, -0.15) is 4.99 Å². The van der Waals surface area contributed by atoms with Crippen molar-refractivity contribution < 1.29 is 32.6 Å². The highest BCUT2D eigenvalue weighted by atomic mass is 32.1. The summed E-state index contributed by atoms with van der Waals surface area (Å²) in [6.07, 6.45) is 0. The predicted molar refractivity (Wildman–Crippen MR) is 106 cm³/mol. The van der Waals surface area contributed by atoms with Crippen molar-refractivity contribution in [1.29, 1.82) is 0 Å². The van der Waals surface area contributed by atoms with Crippen LogP contribution < -0.4 is 14.3 Å². The number of aromatic nitrogens is 1. The molecular weight excluding hydrogens is 418 g/mol. The van der Waals surface area contributed by atoms with Gasteiger partial charge in [0.25, 0.3) is 5.91 Å². The van der Waals surface area contributed by atoms with Gasteiger partial charge < -0.3 is 18.8 Å². The summed E-state index contributed by atoms with van der Waals surface area (Å²) in [7, 11) is 2.88. The highest BCUT2D eigenvalue weighted by Gasteiger charge is 2.17. The van der Waals surface area contributed by atoms with E-state index in [9.17, 15) is 18.4 Å². The molecule has 158 valence electrons. The number of ether oxygens (including phenoxy) is 3. The van der Waals surface area contributed by atoms with E-state index in [4.69, 9.17) is 14.2 Å². The Labute approximate surface area is 174 Å². The quantitative estimate of drug-likeness (QED) is 0.554. The highest BCUT2D eigenvalue weighted by molar-refractivity contribution is 7.16. The van der Waals surface area contributed by atoms with Crippen molar-refractivity contribution in [3.05, 3.63) is 52.3 Å². The van der Waals surface area contributed by atoms with Gasteiger partial charge in [0.05, 0.1) is 31.0 Å². The highest BCUT2D eigenvalue weighted by Crippen LogP contribution is 2.24. The number of hydrogen-bond donors (Lipinski definition) is 0. The Morgan fingerprint density at radius 2 is 1.73 bits per heavy atom. The minimum atomic E-state index is -0.873. The third-order valence-corrected chi connectivity index (χ3v) is 5.11. The molecule has 0 saturated carbocycles. The van der Waals surface area contributed by atoms with Crippen molar-refractivity contribution in [3.8, 4) is 11.5 Å². The lowest BCUT2D eigenvalue weighted by Gasteiger charge is -2.07. The fraction of sp³-hybridized carbons (Fsp3) is 0.250. The van der Waals surface area contributed by atoms with E-state index in [1.54, 1.807) is 13.0 Å². The maximum absolute atomic E-state index is 14.4. The number of hydrogen-bond acceptors (Lipinski definition) is 6. The van der Waals surface area contributed by atoms with Gasteiger partial charge in [0.15, 0.2) is 10.6 Å². The number of halogens is 2. The van der Waals surface area contributed by atoms with E-state index in [1.165, 1.54) is 30.9 Å². The minimum absolute atomic E-state index is 0.0225. The number of amides is 1. The van der Waals surface area contributed by atoms with Gasteiger partial charge in [-0.05, 0) is 25.1 Å². The number of benzene rings is 2. The molecule has 10 heteroatoms. The van der Waals surface area contributed by atoms with Crippen molar-refractivity contribution >= 4 is 33.4 Å². The Morgan fingerprint density at radius 1 is 1.07 bits per heavy atom. The summed E-state index contributed by atoms with van der Waals surface area (Å²) in [5.41, 5.74) is 0.127. The molecule has 0 spiro atoms. The van der Waals surface area contributed by atoms with Crippen molar-refractivity contribution in [2.45, 2.75) is 13.5 Å². The van der Waals surface area contributed by atoms with Crippen molar-refractivity contribution in [2.24, 2.45) is 4.99 Å². The first kappa shape index (κ1) is 21.4. The number of methoxy groups -OCH3 is 2. The monoisotopic (exact) mass is 436 g/mol. The second kappa shape index (κ2) is 9.04. The van der Waals surface area contributed by atoms with Gasteiger partial charge in [0, 0.05) is 17.7 Å². The van der Waals surface area contributed by atoms with Crippen LogP contribution in [0.4, 0.5) is 8.78 Å². The molecular formula is C20H18F2N2O5S. The van der Waals surface area contributed by atoms with Crippen LogP contribution in [0.3, 0.4) is 0 Å². The molecule has 7 nitrogen and oxygen atoms in total. The third-order valence-electron chi connectivity index (χ3n) is 4.08. The zero-order valence-electron chi connectivity index (χ0n) is 16.4. The first-order chi connectivity index (χ1) is 14.4. The van der Waals surface area contributed by atoms with Crippen LogP contribution in [-0.4, -0.2) is 37.3 Å². The molecule has 0 N–H and O–H groups in total. The van der Waals surface area contributed by atoms with E-state index in [0.717, 1.165) is 17.4 Å². The fourth-order valence-corrected chi connectivity index (χ4v) is 3.85. The van der Waals surface area contributed by atoms with Gasteiger partial charge in [-0.3, -0.25) is 9.59 Å². The molecule has 30 heavy (non-hydrogen) atoms. The van der Waals surface area contributed by atoms with E-state index in [1.807, 2.05) is 0 Å². The Hall–Kier alpha value is -3.27. The van der Waals surface area contributed by atoms with E-state index in [2.05, 4.69) is 4.99 Å².